The number of methoxy groups -OCH3 is 1. The molecule has 2 aromatic carbocycles. The van der Waals surface area contributed by atoms with Gasteiger partial charge in [0.05, 0.1) is 29.3 Å². The van der Waals surface area contributed by atoms with Crippen molar-refractivity contribution in [2.75, 3.05) is 7.11 Å². The van der Waals surface area contributed by atoms with Crippen molar-refractivity contribution in [3.05, 3.63) is 69.8 Å². The highest BCUT2D eigenvalue weighted by Gasteiger charge is 2.13. The number of benzene rings is 2. The summed E-state index contributed by atoms with van der Waals surface area (Å²) in [5.41, 5.74) is 1.97. The molecule has 1 aromatic heterocycles. The van der Waals surface area contributed by atoms with Crippen LogP contribution in [0.15, 0.2) is 53.6 Å². The minimum absolute atomic E-state index is 0. The van der Waals surface area contributed by atoms with Gasteiger partial charge in [-0.15, -0.1) is 17.0 Å². The highest BCUT2D eigenvalue weighted by Crippen LogP contribution is 2.14. The van der Waals surface area contributed by atoms with Gasteiger partial charge in [0.2, 0.25) is 5.62 Å². The molecule has 0 aliphatic carbocycles. The molecule has 1 heterocycles. The van der Waals surface area contributed by atoms with Crippen molar-refractivity contribution >= 4 is 45.9 Å². The van der Waals surface area contributed by atoms with Crippen molar-refractivity contribution < 1.29 is 14.5 Å². The SMILES string of the molecule is Br.COC(=O)Cn1c(=N)n(/N=C/c2ccc([N+](=O)[O-])cc2)c2ccccc21. The van der Waals surface area contributed by atoms with Crippen LogP contribution in [0.5, 0.6) is 0 Å². The first-order valence-corrected chi connectivity index (χ1v) is 7.62. The Morgan fingerprint density at radius 1 is 1.22 bits per heavy atom. The molecule has 0 atom stereocenters. The highest BCUT2D eigenvalue weighted by atomic mass is 79.9. The fraction of sp³-hybridized carbons (Fsp3) is 0.118. The molecule has 0 aliphatic rings. The van der Waals surface area contributed by atoms with Crippen molar-refractivity contribution in [1.29, 1.82) is 5.41 Å². The number of carbonyl (C=O) groups is 1. The third-order valence-corrected chi connectivity index (χ3v) is 3.80. The average molecular weight is 434 g/mol. The van der Waals surface area contributed by atoms with E-state index in [0.717, 1.165) is 0 Å². The standard InChI is InChI=1S/C17H15N5O4.BrH/c1-26-16(23)11-20-14-4-2-3-5-15(14)21(17(20)18)19-10-12-6-8-13(9-7-12)22(24)25;/h2-10,18H,11H2,1H3;1H/b18-17?,19-10+;. The van der Waals surface area contributed by atoms with Crippen LogP contribution in [-0.2, 0) is 16.1 Å². The van der Waals surface area contributed by atoms with Gasteiger partial charge in [0, 0.05) is 12.1 Å². The van der Waals surface area contributed by atoms with E-state index in [1.165, 1.54) is 34.7 Å². The molecule has 0 radical (unpaired) electrons. The predicted octanol–water partition coefficient (Wildman–Crippen LogP) is 2.46. The molecule has 3 aromatic rings. The van der Waals surface area contributed by atoms with Crippen LogP contribution in [-0.4, -0.2) is 33.5 Å². The summed E-state index contributed by atoms with van der Waals surface area (Å²) in [6.45, 7) is -0.101. The number of hydrogen-bond acceptors (Lipinski definition) is 6. The summed E-state index contributed by atoms with van der Waals surface area (Å²) in [6, 6.07) is 13.1. The molecule has 9 nitrogen and oxygen atoms in total. The fourth-order valence-electron chi connectivity index (χ4n) is 2.49. The van der Waals surface area contributed by atoms with Crippen molar-refractivity contribution in [1.82, 2.24) is 9.24 Å². The van der Waals surface area contributed by atoms with Crippen LogP contribution >= 0.6 is 17.0 Å². The van der Waals surface area contributed by atoms with Crippen LogP contribution in [0.2, 0.25) is 0 Å². The van der Waals surface area contributed by atoms with E-state index in [9.17, 15) is 14.9 Å². The van der Waals surface area contributed by atoms with Crippen LogP contribution in [0.25, 0.3) is 11.0 Å². The quantitative estimate of drug-likeness (QED) is 0.287. The molecule has 0 amide bonds. The van der Waals surface area contributed by atoms with Gasteiger partial charge in [-0.25, -0.2) is 0 Å². The molecule has 0 saturated carbocycles. The number of rotatable bonds is 5. The molecular weight excluding hydrogens is 418 g/mol. The van der Waals surface area contributed by atoms with E-state index in [1.54, 1.807) is 30.3 Å². The predicted molar refractivity (Wildman–Crippen MR) is 104 cm³/mol. The number of non-ortho nitro benzene ring substituents is 1. The van der Waals surface area contributed by atoms with E-state index in [-0.39, 0.29) is 34.8 Å². The summed E-state index contributed by atoms with van der Waals surface area (Å²) in [5.74, 6) is -0.467. The number of aromatic nitrogens is 2. The van der Waals surface area contributed by atoms with Crippen LogP contribution in [0.4, 0.5) is 5.69 Å². The zero-order valence-corrected chi connectivity index (χ0v) is 15.9. The normalized spacial score (nSPS) is 10.7. The Kier molecular flexibility index (Phi) is 6.24. The first-order chi connectivity index (χ1) is 12.5. The Morgan fingerprint density at radius 2 is 1.85 bits per heavy atom. The van der Waals surface area contributed by atoms with Gasteiger partial charge in [0.1, 0.15) is 6.54 Å². The number of esters is 1. The lowest BCUT2D eigenvalue weighted by Gasteiger charge is -2.01. The van der Waals surface area contributed by atoms with Crippen LogP contribution < -0.4 is 5.62 Å². The molecule has 27 heavy (non-hydrogen) atoms. The summed E-state index contributed by atoms with van der Waals surface area (Å²) in [6.07, 6.45) is 1.50. The number of imidazole rings is 1. The maximum absolute atomic E-state index is 11.6. The van der Waals surface area contributed by atoms with Gasteiger partial charge in [0.25, 0.3) is 5.69 Å². The molecule has 0 unspecified atom stereocenters. The second kappa shape index (κ2) is 8.41. The van der Waals surface area contributed by atoms with E-state index in [0.29, 0.717) is 16.6 Å². The Morgan fingerprint density at radius 3 is 2.44 bits per heavy atom. The maximum Gasteiger partial charge on any atom is 0.325 e. The van der Waals surface area contributed by atoms with Gasteiger partial charge >= 0.3 is 5.97 Å². The third kappa shape index (κ3) is 4.11. The monoisotopic (exact) mass is 433 g/mol. The summed E-state index contributed by atoms with van der Waals surface area (Å²) < 4.78 is 7.56. The minimum Gasteiger partial charge on any atom is -0.468 e. The van der Waals surface area contributed by atoms with E-state index < -0.39 is 10.9 Å². The maximum atomic E-state index is 11.6. The van der Waals surface area contributed by atoms with Gasteiger partial charge in [0.15, 0.2) is 0 Å². The Balaban J connectivity index is 0.00000261. The van der Waals surface area contributed by atoms with E-state index in [4.69, 9.17) is 5.41 Å². The highest BCUT2D eigenvalue weighted by molar-refractivity contribution is 8.93. The van der Waals surface area contributed by atoms with Crippen molar-refractivity contribution in [2.45, 2.75) is 6.54 Å². The number of halogens is 1. The summed E-state index contributed by atoms with van der Waals surface area (Å²) in [5, 5.41) is 23.3. The van der Waals surface area contributed by atoms with E-state index >= 15 is 0 Å². The smallest absolute Gasteiger partial charge is 0.325 e. The number of nitrogens with zero attached hydrogens (tertiary/aromatic N) is 4. The molecular formula is C17H16BrN5O4. The molecule has 1 N–H and O–H groups in total. The van der Waals surface area contributed by atoms with Crippen molar-refractivity contribution in [3.63, 3.8) is 0 Å². The number of nitro benzene ring substituents is 1. The Labute approximate surface area is 163 Å². The van der Waals surface area contributed by atoms with Crippen molar-refractivity contribution in [2.24, 2.45) is 5.10 Å². The average Bonchev–Trinajstić information content (AvgIpc) is 2.92. The molecule has 0 spiro atoms. The number of nitro groups is 1. The first kappa shape index (κ1) is 20.0. The number of para-hydroxylation sites is 2. The Bertz CT molecular complexity index is 1070. The molecule has 0 saturated heterocycles. The van der Waals surface area contributed by atoms with Crippen LogP contribution in [0.1, 0.15) is 5.56 Å². The van der Waals surface area contributed by atoms with Crippen LogP contribution in [0, 0.1) is 15.5 Å². The minimum atomic E-state index is -0.474. The number of carbonyl (C=O) groups excluding carboxylic acids is 1. The van der Waals surface area contributed by atoms with Gasteiger partial charge < -0.3 is 4.74 Å². The fourth-order valence-corrected chi connectivity index (χ4v) is 2.49. The summed E-state index contributed by atoms with van der Waals surface area (Å²) >= 11 is 0. The lowest BCUT2D eigenvalue weighted by atomic mass is 10.2. The largest absolute Gasteiger partial charge is 0.468 e. The van der Waals surface area contributed by atoms with Gasteiger partial charge in [-0.05, 0) is 29.8 Å². The topological polar surface area (TPSA) is 116 Å². The van der Waals surface area contributed by atoms with Crippen molar-refractivity contribution in [3.8, 4) is 0 Å². The number of fused-ring (bicyclic) bond motifs is 1. The molecule has 10 heteroatoms. The zero-order chi connectivity index (χ0) is 18.7. The second-order valence-electron chi connectivity index (χ2n) is 5.38. The summed E-state index contributed by atoms with van der Waals surface area (Å²) in [4.78, 5) is 21.9. The van der Waals surface area contributed by atoms with Gasteiger partial charge in [-0.3, -0.25) is 24.9 Å². The van der Waals surface area contributed by atoms with Gasteiger partial charge in [-0.1, -0.05) is 12.1 Å². The third-order valence-electron chi connectivity index (χ3n) is 3.80. The number of hydrogen-bond donors (Lipinski definition) is 1. The molecule has 0 aliphatic heterocycles. The zero-order valence-electron chi connectivity index (χ0n) is 14.2. The van der Waals surface area contributed by atoms with Crippen LogP contribution in [0.3, 0.4) is 0 Å². The lowest BCUT2D eigenvalue weighted by Crippen LogP contribution is -2.26. The lowest BCUT2D eigenvalue weighted by molar-refractivity contribution is -0.384. The molecule has 140 valence electrons. The second-order valence-corrected chi connectivity index (χ2v) is 5.38. The first-order valence-electron chi connectivity index (χ1n) is 7.62. The summed E-state index contributed by atoms with van der Waals surface area (Å²) in [7, 11) is 1.29. The molecule has 3 rings (SSSR count). The number of nitrogens with one attached hydrogen (secondary N) is 1. The van der Waals surface area contributed by atoms with Gasteiger partial charge in [-0.2, -0.15) is 9.78 Å². The van der Waals surface area contributed by atoms with E-state index in [2.05, 4.69) is 9.84 Å². The van der Waals surface area contributed by atoms with E-state index in [1.807, 2.05) is 6.07 Å². The molecule has 0 fully saturated rings. The Hall–Kier alpha value is -3.27. The molecule has 0 bridgehead atoms. The number of ether oxygens (including phenoxy) is 1.